The van der Waals surface area contributed by atoms with Crippen molar-refractivity contribution in [3.63, 3.8) is 0 Å². The number of benzene rings is 2. The lowest BCUT2D eigenvalue weighted by Gasteiger charge is -2.35. The number of halogens is 5. The fraction of sp³-hybridized carbons (Fsp3) is 0.350. The number of urea groups is 1. The highest BCUT2D eigenvalue weighted by atomic mass is 35.5. The van der Waals surface area contributed by atoms with E-state index in [0.717, 1.165) is 24.5 Å². The number of carbonyl (C=O) groups excluding carboxylic acids is 1. The largest absolute Gasteiger partial charge is 0.573 e. The first-order chi connectivity index (χ1) is 13.5. The van der Waals surface area contributed by atoms with E-state index in [2.05, 4.69) is 10.1 Å². The molecule has 4 nitrogen and oxygen atoms in total. The molecule has 2 aromatic rings. The molecule has 9 heteroatoms. The number of amides is 2. The molecule has 29 heavy (non-hydrogen) atoms. The van der Waals surface area contributed by atoms with Crippen molar-refractivity contribution in [2.24, 2.45) is 0 Å². The lowest BCUT2D eigenvalue weighted by Crippen LogP contribution is -2.48. The number of likely N-dealkylation sites (tertiary alicyclic amines) is 1. The second-order valence-electron chi connectivity index (χ2n) is 7.21. The Morgan fingerprint density at radius 2 is 1.93 bits per heavy atom. The van der Waals surface area contributed by atoms with Gasteiger partial charge in [0.1, 0.15) is 11.6 Å². The van der Waals surface area contributed by atoms with Gasteiger partial charge >= 0.3 is 12.4 Å². The molecule has 0 spiro atoms. The number of rotatable bonds is 4. The van der Waals surface area contributed by atoms with Crippen LogP contribution in [-0.4, -0.2) is 29.4 Å². The molecule has 0 aromatic heterocycles. The van der Waals surface area contributed by atoms with Crippen LogP contribution in [0.5, 0.6) is 5.75 Å². The van der Waals surface area contributed by atoms with Gasteiger partial charge in [0.2, 0.25) is 0 Å². The van der Waals surface area contributed by atoms with Crippen LogP contribution in [-0.2, 0) is 6.42 Å². The number of alkyl halides is 3. The highest BCUT2D eigenvalue weighted by molar-refractivity contribution is 6.30. The van der Waals surface area contributed by atoms with Crippen LogP contribution >= 0.6 is 11.6 Å². The summed E-state index contributed by atoms with van der Waals surface area (Å²) in [6, 6.07) is 8.99. The molecule has 1 saturated heterocycles. The van der Waals surface area contributed by atoms with Gasteiger partial charge in [0.15, 0.2) is 0 Å². The fourth-order valence-corrected chi connectivity index (χ4v) is 3.84. The maximum Gasteiger partial charge on any atom is 0.573 e. The van der Waals surface area contributed by atoms with Crippen LogP contribution in [0.15, 0.2) is 42.5 Å². The number of hydrogen-bond acceptors (Lipinski definition) is 2. The zero-order valence-corrected chi connectivity index (χ0v) is 16.3. The van der Waals surface area contributed by atoms with Gasteiger partial charge in [-0.25, -0.2) is 9.18 Å². The number of ether oxygens (including phenoxy) is 1. The van der Waals surface area contributed by atoms with Crippen LogP contribution in [0.25, 0.3) is 0 Å². The van der Waals surface area contributed by atoms with Gasteiger partial charge in [-0.1, -0.05) is 23.7 Å². The first kappa shape index (κ1) is 21.2. The zero-order valence-electron chi connectivity index (χ0n) is 15.5. The molecule has 156 valence electrons. The van der Waals surface area contributed by atoms with Crippen LogP contribution in [0, 0.1) is 5.82 Å². The van der Waals surface area contributed by atoms with E-state index < -0.39 is 17.7 Å². The second kappa shape index (κ2) is 8.10. The number of carbonyl (C=O) groups is 1. The summed E-state index contributed by atoms with van der Waals surface area (Å²) in [5, 5.41) is 2.83. The van der Waals surface area contributed by atoms with E-state index in [1.54, 1.807) is 17.0 Å². The van der Waals surface area contributed by atoms with Gasteiger partial charge in [0.05, 0.1) is 0 Å². The maximum absolute atomic E-state index is 13.5. The molecule has 2 aromatic carbocycles. The lowest BCUT2D eigenvalue weighted by atomic mass is 9.90. The first-order valence-corrected chi connectivity index (χ1v) is 9.31. The molecule has 3 rings (SSSR count). The number of nitrogens with one attached hydrogen (secondary N) is 1. The predicted octanol–water partition coefficient (Wildman–Crippen LogP) is 6.01. The average Bonchev–Trinajstić information content (AvgIpc) is 2.96. The Morgan fingerprint density at radius 3 is 2.55 bits per heavy atom. The first-order valence-electron chi connectivity index (χ1n) is 8.93. The van der Waals surface area contributed by atoms with Crippen LogP contribution in [0.2, 0.25) is 5.02 Å². The standard InChI is InChI=1S/C20H19ClF4N2O2/c1-19(12-13-3-5-17(6-4-13)29-20(23,24)25)7-2-8-27(19)18(28)26-16-10-14(21)9-15(22)11-16/h3-6,9-11H,2,7-8,12H2,1H3,(H,26,28). The summed E-state index contributed by atoms with van der Waals surface area (Å²) in [6.07, 6.45) is -2.78. The number of anilines is 1. The van der Waals surface area contributed by atoms with Crippen LogP contribution in [0.1, 0.15) is 25.3 Å². The van der Waals surface area contributed by atoms with E-state index in [1.165, 1.54) is 24.3 Å². The monoisotopic (exact) mass is 430 g/mol. The molecule has 1 atom stereocenters. The van der Waals surface area contributed by atoms with Crippen LogP contribution in [0.3, 0.4) is 0 Å². The second-order valence-corrected chi connectivity index (χ2v) is 7.65. The van der Waals surface area contributed by atoms with Crippen molar-refractivity contribution < 1.29 is 27.1 Å². The molecule has 0 bridgehead atoms. The predicted molar refractivity (Wildman–Crippen MR) is 102 cm³/mol. The maximum atomic E-state index is 13.5. The highest BCUT2D eigenvalue weighted by Crippen LogP contribution is 2.34. The van der Waals surface area contributed by atoms with E-state index in [-0.39, 0.29) is 22.5 Å². The van der Waals surface area contributed by atoms with E-state index >= 15 is 0 Å². The van der Waals surface area contributed by atoms with Crippen molar-refractivity contribution in [2.45, 2.75) is 38.1 Å². The Hall–Kier alpha value is -2.48. The van der Waals surface area contributed by atoms with Crippen LogP contribution in [0.4, 0.5) is 28.0 Å². The Kier molecular flexibility index (Phi) is 5.93. The molecular formula is C20H19ClF4N2O2. The minimum Gasteiger partial charge on any atom is -0.406 e. The van der Waals surface area contributed by atoms with Crippen LogP contribution < -0.4 is 10.1 Å². The fourth-order valence-electron chi connectivity index (χ4n) is 3.62. The molecule has 1 unspecified atom stereocenters. The molecule has 0 radical (unpaired) electrons. The highest BCUT2D eigenvalue weighted by Gasteiger charge is 2.40. The molecule has 1 aliphatic heterocycles. The summed E-state index contributed by atoms with van der Waals surface area (Å²) >= 11 is 5.82. The van der Waals surface area contributed by atoms with Crippen molar-refractivity contribution in [3.8, 4) is 5.75 Å². The molecular weight excluding hydrogens is 412 g/mol. The number of hydrogen-bond donors (Lipinski definition) is 1. The summed E-state index contributed by atoms with van der Waals surface area (Å²) in [4.78, 5) is 14.4. The summed E-state index contributed by atoms with van der Waals surface area (Å²) in [7, 11) is 0. The van der Waals surface area contributed by atoms with Crippen molar-refractivity contribution in [1.29, 1.82) is 0 Å². The molecule has 2 amide bonds. The van der Waals surface area contributed by atoms with Gasteiger partial charge in [0.25, 0.3) is 0 Å². The number of nitrogens with zero attached hydrogens (tertiary/aromatic N) is 1. The third kappa shape index (κ3) is 5.53. The smallest absolute Gasteiger partial charge is 0.406 e. The molecule has 1 aliphatic rings. The van der Waals surface area contributed by atoms with Crippen molar-refractivity contribution in [3.05, 3.63) is 58.9 Å². The Bertz CT molecular complexity index is 869. The summed E-state index contributed by atoms with van der Waals surface area (Å²) in [5.41, 5.74) is 0.492. The Labute approximate surface area is 170 Å². The zero-order chi connectivity index (χ0) is 21.2. The van der Waals surface area contributed by atoms with Crippen molar-refractivity contribution in [1.82, 2.24) is 4.90 Å². The minimum atomic E-state index is -4.74. The quantitative estimate of drug-likeness (QED) is 0.604. The van der Waals surface area contributed by atoms with E-state index in [0.29, 0.717) is 13.0 Å². The minimum absolute atomic E-state index is 0.172. The molecule has 1 heterocycles. The SMILES string of the molecule is CC1(Cc2ccc(OC(F)(F)F)cc2)CCCN1C(=O)Nc1cc(F)cc(Cl)c1. The van der Waals surface area contributed by atoms with Gasteiger partial charge in [-0.3, -0.25) is 0 Å². The molecule has 0 aliphatic carbocycles. The van der Waals surface area contributed by atoms with Gasteiger partial charge < -0.3 is 15.0 Å². The van der Waals surface area contributed by atoms with E-state index in [4.69, 9.17) is 11.6 Å². The van der Waals surface area contributed by atoms with Crippen molar-refractivity contribution in [2.75, 3.05) is 11.9 Å². The van der Waals surface area contributed by atoms with Crippen molar-refractivity contribution >= 4 is 23.3 Å². The summed E-state index contributed by atoms with van der Waals surface area (Å²) in [5.74, 6) is -0.853. The van der Waals surface area contributed by atoms with Gasteiger partial charge in [0, 0.05) is 22.8 Å². The topological polar surface area (TPSA) is 41.6 Å². The molecule has 1 fully saturated rings. The third-order valence-electron chi connectivity index (χ3n) is 4.85. The Balaban J connectivity index is 1.70. The normalized spacial score (nSPS) is 19.3. The molecule has 1 N–H and O–H groups in total. The van der Waals surface area contributed by atoms with Gasteiger partial charge in [-0.15, -0.1) is 13.2 Å². The Morgan fingerprint density at radius 1 is 1.24 bits per heavy atom. The summed E-state index contributed by atoms with van der Waals surface area (Å²) in [6.45, 7) is 2.43. The average molecular weight is 431 g/mol. The van der Waals surface area contributed by atoms with E-state index in [9.17, 15) is 22.4 Å². The lowest BCUT2D eigenvalue weighted by molar-refractivity contribution is -0.274. The van der Waals surface area contributed by atoms with Gasteiger partial charge in [-0.2, -0.15) is 0 Å². The van der Waals surface area contributed by atoms with E-state index in [1.807, 2.05) is 6.92 Å². The molecule has 0 saturated carbocycles. The third-order valence-corrected chi connectivity index (χ3v) is 5.07. The van der Waals surface area contributed by atoms with Gasteiger partial charge in [-0.05, 0) is 62.1 Å². The summed E-state index contributed by atoms with van der Waals surface area (Å²) < 4.78 is 54.3.